The molecule has 0 radical (unpaired) electrons. The average molecular weight is 212 g/mol. The van der Waals surface area contributed by atoms with Gasteiger partial charge < -0.3 is 11.1 Å². The quantitative estimate of drug-likeness (QED) is 0.735. The van der Waals surface area contributed by atoms with Crippen LogP contribution in [0.3, 0.4) is 0 Å². The van der Waals surface area contributed by atoms with Gasteiger partial charge in [-0.1, -0.05) is 26.7 Å². The first kappa shape index (κ1) is 13.0. The van der Waals surface area contributed by atoms with Crippen LogP contribution in [0, 0.1) is 11.8 Å². The minimum atomic E-state index is 0.641. The molecule has 1 rings (SSSR count). The van der Waals surface area contributed by atoms with Gasteiger partial charge in [0.2, 0.25) is 0 Å². The van der Waals surface area contributed by atoms with E-state index in [2.05, 4.69) is 26.1 Å². The van der Waals surface area contributed by atoms with Crippen LogP contribution in [0.15, 0.2) is 0 Å². The summed E-state index contributed by atoms with van der Waals surface area (Å²) >= 11 is 0. The zero-order valence-electron chi connectivity index (χ0n) is 10.6. The van der Waals surface area contributed by atoms with Gasteiger partial charge in [-0.25, -0.2) is 0 Å². The lowest BCUT2D eigenvalue weighted by atomic mass is 9.84. The Morgan fingerprint density at radius 3 is 2.47 bits per heavy atom. The second kappa shape index (κ2) is 6.49. The zero-order valence-corrected chi connectivity index (χ0v) is 10.6. The Labute approximate surface area is 95.0 Å². The summed E-state index contributed by atoms with van der Waals surface area (Å²) in [7, 11) is 0. The molecule has 0 aromatic heterocycles. The van der Waals surface area contributed by atoms with E-state index in [9.17, 15) is 0 Å². The monoisotopic (exact) mass is 212 g/mol. The number of hydrogen-bond acceptors (Lipinski definition) is 2. The molecule has 0 aromatic carbocycles. The van der Waals surface area contributed by atoms with Crippen molar-refractivity contribution >= 4 is 0 Å². The largest absolute Gasteiger partial charge is 0.330 e. The molecule has 1 aliphatic carbocycles. The molecule has 1 fully saturated rings. The Balaban J connectivity index is 2.33. The molecule has 0 saturated heterocycles. The summed E-state index contributed by atoms with van der Waals surface area (Å²) in [6.45, 7) is 7.74. The molecule has 3 unspecified atom stereocenters. The lowest BCUT2D eigenvalue weighted by Crippen LogP contribution is -2.46. The van der Waals surface area contributed by atoms with Gasteiger partial charge >= 0.3 is 0 Å². The maximum absolute atomic E-state index is 5.83. The first-order valence-corrected chi connectivity index (χ1v) is 6.59. The van der Waals surface area contributed by atoms with Crippen LogP contribution in [0.5, 0.6) is 0 Å². The summed E-state index contributed by atoms with van der Waals surface area (Å²) in [6, 6.07) is 1.32. The summed E-state index contributed by atoms with van der Waals surface area (Å²) in [5.41, 5.74) is 5.83. The highest BCUT2D eigenvalue weighted by Gasteiger charge is 2.24. The van der Waals surface area contributed by atoms with Crippen molar-refractivity contribution in [1.29, 1.82) is 0 Å². The fourth-order valence-electron chi connectivity index (χ4n) is 2.85. The molecule has 0 aromatic rings. The predicted molar refractivity (Wildman–Crippen MR) is 66.9 cm³/mol. The van der Waals surface area contributed by atoms with Gasteiger partial charge in [0.1, 0.15) is 0 Å². The summed E-state index contributed by atoms with van der Waals surface area (Å²) in [5.74, 6) is 1.50. The van der Waals surface area contributed by atoms with E-state index < -0.39 is 0 Å². The van der Waals surface area contributed by atoms with Gasteiger partial charge in [-0.2, -0.15) is 0 Å². The Kier molecular flexibility index (Phi) is 5.62. The van der Waals surface area contributed by atoms with Gasteiger partial charge in [0.05, 0.1) is 0 Å². The van der Waals surface area contributed by atoms with Gasteiger partial charge in [0.15, 0.2) is 0 Å². The van der Waals surface area contributed by atoms with Crippen molar-refractivity contribution in [2.75, 3.05) is 6.54 Å². The summed E-state index contributed by atoms with van der Waals surface area (Å²) < 4.78 is 0. The number of nitrogens with one attached hydrogen (secondary N) is 1. The van der Waals surface area contributed by atoms with E-state index in [4.69, 9.17) is 5.73 Å². The molecule has 90 valence electrons. The van der Waals surface area contributed by atoms with Crippen molar-refractivity contribution in [3.63, 3.8) is 0 Å². The maximum atomic E-state index is 5.83. The molecule has 0 spiro atoms. The highest BCUT2D eigenvalue weighted by atomic mass is 15.0. The van der Waals surface area contributed by atoms with Gasteiger partial charge in [-0.3, -0.25) is 0 Å². The molecule has 1 saturated carbocycles. The molecular formula is C13H28N2. The summed E-state index contributed by atoms with van der Waals surface area (Å²) in [6.07, 6.45) is 6.67. The van der Waals surface area contributed by atoms with Gasteiger partial charge in [0.25, 0.3) is 0 Å². The van der Waals surface area contributed by atoms with Crippen LogP contribution >= 0.6 is 0 Å². The van der Waals surface area contributed by atoms with Crippen LogP contribution in [0.1, 0.15) is 52.9 Å². The highest BCUT2D eigenvalue weighted by molar-refractivity contribution is 4.83. The molecule has 1 aliphatic rings. The fraction of sp³-hybridized carbons (Fsp3) is 1.00. The highest BCUT2D eigenvalue weighted by Crippen LogP contribution is 2.24. The number of nitrogens with two attached hydrogens (primary N) is 1. The van der Waals surface area contributed by atoms with E-state index in [0.717, 1.165) is 12.5 Å². The van der Waals surface area contributed by atoms with E-state index in [1.807, 2.05) is 0 Å². The molecule has 3 N–H and O–H groups in total. The lowest BCUT2D eigenvalue weighted by Gasteiger charge is -2.34. The SMILES string of the molecule is CC(C)CC(C)NC1CCCCC1CN. The lowest BCUT2D eigenvalue weighted by molar-refractivity contribution is 0.242. The summed E-state index contributed by atoms with van der Waals surface area (Å²) in [5, 5.41) is 3.77. The molecule has 0 heterocycles. The Bertz CT molecular complexity index is 168. The molecule has 2 nitrogen and oxygen atoms in total. The van der Waals surface area contributed by atoms with Crippen LogP contribution in [0.25, 0.3) is 0 Å². The van der Waals surface area contributed by atoms with Crippen LogP contribution in [0.2, 0.25) is 0 Å². The standard InChI is InChI=1S/C13H28N2/c1-10(2)8-11(3)15-13-7-5-4-6-12(13)9-14/h10-13,15H,4-9,14H2,1-3H3. The second-order valence-corrected chi connectivity index (χ2v) is 5.58. The van der Waals surface area contributed by atoms with E-state index in [0.29, 0.717) is 18.0 Å². The Morgan fingerprint density at radius 1 is 1.20 bits per heavy atom. The minimum Gasteiger partial charge on any atom is -0.330 e. The maximum Gasteiger partial charge on any atom is 0.0110 e. The predicted octanol–water partition coefficient (Wildman–Crippen LogP) is 2.53. The smallest absolute Gasteiger partial charge is 0.0110 e. The third-order valence-electron chi connectivity index (χ3n) is 3.54. The molecule has 15 heavy (non-hydrogen) atoms. The third-order valence-corrected chi connectivity index (χ3v) is 3.54. The van der Waals surface area contributed by atoms with Crippen molar-refractivity contribution in [2.45, 2.75) is 65.0 Å². The van der Waals surface area contributed by atoms with Crippen molar-refractivity contribution < 1.29 is 0 Å². The fourth-order valence-corrected chi connectivity index (χ4v) is 2.85. The molecule has 2 heteroatoms. The summed E-state index contributed by atoms with van der Waals surface area (Å²) in [4.78, 5) is 0. The molecular weight excluding hydrogens is 184 g/mol. The van der Waals surface area contributed by atoms with E-state index >= 15 is 0 Å². The van der Waals surface area contributed by atoms with Crippen LogP contribution in [0.4, 0.5) is 0 Å². The Hall–Kier alpha value is -0.0800. The van der Waals surface area contributed by atoms with Crippen LogP contribution in [-0.4, -0.2) is 18.6 Å². The second-order valence-electron chi connectivity index (χ2n) is 5.58. The third kappa shape index (κ3) is 4.52. The van der Waals surface area contributed by atoms with Crippen molar-refractivity contribution in [1.82, 2.24) is 5.32 Å². The average Bonchev–Trinajstić information content (AvgIpc) is 2.17. The molecule has 0 aliphatic heterocycles. The number of rotatable bonds is 5. The van der Waals surface area contributed by atoms with Gasteiger partial charge in [0, 0.05) is 12.1 Å². The first-order valence-electron chi connectivity index (χ1n) is 6.59. The van der Waals surface area contributed by atoms with Crippen LogP contribution < -0.4 is 11.1 Å². The van der Waals surface area contributed by atoms with Gasteiger partial charge in [-0.05, 0) is 44.6 Å². The van der Waals surface area contributed by atoms with Crippen molar-refractivity contribution in [2.24, 2.45) is 17.6 Å². The molecule has 0 amide bonds. The molecule has 0 bridgehead atoms. The minimum absolute atomic E-state index is 0.641. The van der Waals surface area contributed by atoms with E-state index in [1.54, 1.807) is 0 Å². The van der Waals surface area contributed by atoms with E-state index in [1.165, 1.54) is 32.1 Å². The Morgan fingerprint density at radius 2 is 1.87 bits per heavy atom. The van der Waals surface area contributed by atoms with Crippen LogP contribution in [-0.2, 0) is 0 Å². The van der Waals surface area contributed by atoms with Gasteiger partial charge in [-0.15, -0.1) is 0 Å². The normalized spacial score (nSPS) is 29.4. The topological polar surface area (TPSA) is 38.0 Å². The number of hydrogen-bond donors (Lipinski definition) is 2. The molecule has 3 atom stereocenters. The van der Waals surface area contributed by atoms with Crippen molar-refractivity contribution in [3.8, 4) is 0 Å². The van der Waals surface area contributed by atoms with E-state index in [-0.39, 0.29) is 0 Å². The zero-order chi connectivity index (χ0) is 11.3. The first-order chi connectivity index (χ1) is 7.13. The van der Waals surface area contributed by atoms with Crippen molar-refractivity contribution in [3.05, 3.63) is 0 Å².